The van der Waals surface area contributed by atoms with Crippen LogP contribution in [0.3, 0.4) is 0 Å². The van der Waals surface area contributed by atoms with Crippen LogP contribution < -0.4 is 4.90 Å². The molecule has 2 bridgehead atoms. The van der Waals surface area contributed by atoms with Crippen LogP contribution in [-0.4, -0.2) is 36.7 Å². The zero-order chi connectivity index (χ0) is 19.0. The topological polar surface area (TPSA) is 32.8 Å². The Kier molecular flexibility index (Phi) is 5.31. The third kappa shape index (κ3) is 3.79. The predicted molar refractivity (Wildman–Crippen MR) is 108 cm³/mol. The van der Waals surface area contributed by atoms with Crippen molar-refractivity contribution in [2.75, 3.05) is 18.5 Å². The first kappa shape index (κ1) is 18.6. The number of carbonyl (C=O) groups is 1. The lowest BCUT2D eigenvalue weighted by Crippen LogP contribution is -2.38. The third-order valence-electron chi connectivity index (χ3n) is 5.64. The third-order valence-corrected chi connectivity index (χ3v) is 6.38. The number of likely N-dealkylation sites (tertiary alicyclic amines) is 1. The fraction of sp³-hybridized carbons (Fsp3) is 0.381. The molecule has 3 atom stereocenters. The first-order valence-corrected chi connectivity index (χ1v) is 9.96. The maximum Gasteiger partial charge on any atom is 0.414 e. The molecule has 142 valence electrons. The molecule has 4 nitrogen and oxygen atoms in total. The quantitative estimate of drug-likeness (QED) is 0.699. The number of fused-ring (bicyclic) bond motifs is 2. The van der Waals surface area contributed by atoms with Gasteiger partial charge in [-0.1, -0.05) is 53.5 Å². The number of ether oxygens (including phenoxy) is 1. The molecule has 0 radical (unpaired) electrons. The van der Waals surface area contributed by atoms with Crippen molar-refractivity contribution < 1.29 is 9.53 Å². The summed E-state index contributed by atoms with van der Waals surface area (Å²) in [6.07, 6.45) is 1.79. The summed E-state index contributed by atoms with van der Waals surface area (Å²) < 4.78 is 5.92. The molecule has 1 heterocycles. The highest BCUT2D eigenvalue weighted by atomic mass is 35.5. The van der Waals surface area contributed by atoms with Crippen molar-refractivity contribution in [1.82, 2.24) is 4.90 Å². The van der Waals surface area contributed by atoms with Gasteiger partial charge in [0, 0.05) is 37.8 Å². The van der Waals surface area contributed by atoms with Crippen LogP contribution in [0.4, 0.5) is 10.5 Å². The number of hydrogen-bond acceptors (Lipinski definition) is 3. The maximum atomic E-state index is 12.7. The van der Waals surface area contributed by atoms with Gasteiger partial charge in [0.15, 0.2) is 0 Å². The molecule has 1 aliphatic heterocycles. The molecule has 2 aliphatic rings. The van der Waals surface area contributed by atoms with Gasteiger partial charge in [0.1, 0.15) is 6.10 Å². The average Bonchev–Trinajstić information content (AvgIpc) is 3.20. The molecule has 1 saturated heterocycles. The number of anilines is 1. The highest BCUT2D eigenvalue weighted by molar-refractivity contribution is 6.42. The van der Waals surface area contributed by atoms with Crippen molar-refractivity contribution >= 4 is 35.0 Å². The van der Waals surface area contributed by atoms with Crippen LogP contribution in [0.15, 0.2) is 48.5 Å². The zero-order valence-electron chi connectivity index (χ0n) is 15.1. The van der Waals surface area contributed by atoms with Crippen LogP contribution in [0.5, 0.6) is 0 Å². The first-order chi connectivity index (χ1) is 13.0. The van der Waals surface area contributed by atoms with Crippen molar-refractivity contribution in [3.63, 3.8) is 0 Å². The van der Waals surface area contributed by atoms with E-state index in [2.05, 4.69) is 29.2 Å². The molecule has 27 heavy (non-hydrogen) atoms. The van der Waals surface area contributed by atoms with Gasteiger partial charge < -0.3 is 4.74 Å². The van der Waals surface area contributed by atoms with Crippen LogP contribution in [0.1, 0.15) is 18.4 Å². The van der Waals surface area contributed by atoms with Gasteiger partial charge in [0.25, 0.3) is 0 Å². The van der Waals surface area contributed by atoms with Crippen LogP contribution in [0, 0.1) is 5.92 Å². The number of hydrogen-bond donors (Lipinski definition) is 0. The number of amides is 1. The molecule has 2 aromatic carbocycles. The second-order valence-corrected chi connectivity index (χ2v) is 8.14. The molecule has 2 aromatic rings. The molecular weight excluding hydrogens is 383 g/mol. The van der Waals surface area contributed by atoms with E-state index in [9.17, 15) is 4.79 Å². The summed E-state index contributed by atoms with van der Waals surface area (Å²) >= 11 is 12.0. The minimum Gasteiger partial charge on any atom is -0.444 e. The van der Waals surface area contributed by atoms with Gasteiger partial charge >= 0.3 is 6.09 Å². The van der Waals surface area contributed by atoms with E-state index in [4.69, 9.17) is 27.9 Å². The smallest absolute Gasteiger partial charge is 0.414 e. The lowest BCUT2D eigenvalue weighted by atomic mass is 10.1. The molecule has 0 spiro atoms. The van der Waals surface area contributed by atoms with Crippen molar-refractivity contribution in [3.05, 3.63) is 64.1 Å². The summed E-state index contributed by atoms with van der Waals surface area (Å²) in [5.74, 6) is 0.407. The molecule has 0 N–H and O–H groups in total. The highest BCUT2D eigenvalue weighted by Crippen LogP contribution is 2.41. The monoisotopic (exact) mass is 404 g/mol. The summed E-state index contributed by atoms with van der Waals surface area (Å²) in [5, 5.41) is 0.886. The van der Waals surface area contributed by atoms with Gasteiger partial charge in [-0.25, -0.2) is 4.79 Å². The van der Waals surface area contributed by atoms with E-state index in [1.807, 2.05) is 6.07 Å². The van der Waals surface area contributed by atoms with Gasteiger partial charge in [-0.3, -0.25) is 9.80 Å². The summed E-state index contributed by atoms with van der Waals surface area (Å²) in [6, 6.07) is 15.9. The molecule has 1 aliphatic carbocycles. The molecular formula is C21H22Cl2N2O2. The van der Waals surface area contributed by atoms with Crippen molar-refractivity contribution in [1.29, 1.82) is 0 Å². The molecule has 6 heteroatoms. The summed E-state index contributed by atoms with van der Waals surface area (Å²) in [5.41, 5.74) is 1.96. The average molecular weight is 405 g/mol. The maximum absolute atomic E-state index is 12.7. The zero-order valence-corrected chi connectivity index (χ0v) is 16.7. The SMILES string of the molecule is CN(C(=O)OC1C2CCC1N(Cc1ccccc1)C2)c1ccc(Cl)c(Cl)c1. The normalized spacial score (nSPS) is 24.2. The number of carbonyl (C=O) groups excluding carboxylic acids is 1. The number of nitrogens with zero attached hydrogens (tertiary/aromatic N) is 2. The van der Waals surface area contributed by atoms with Gasteiger partial charge in [0.2, 0.25) is 0 Å². The van der Waals surface area contributed by atoms with Crippen LogP contribution in [0.25, 0.3) is 0 Å². The van der Waals surface area contributed by atoms with E-state index >= 15 is 0 Å². The Morgan fingerprint density at radius 2 is 1.93 bits per heavy atom. The van der Waals surface area contributed by atoms with Crippen molar-refractivity contribution in [3.8, 4) is 0 Å². The second-order valence-electron chi connectivity index (χ2n) is 7.33. The first-order valence-electron chi connectivity index (χ1n) is 9.20. The Balaban J connectivity index is 1.41. The Bertz CT molecular complexity index is 830. The molecule has 0 aromatic heterocycles. The molecule has 1 saturated carbocycles. The van der Waals surface area contributed by atoms with Crippen LogP contribution >= 0.6 is 23.2 Å². The minimum atomic E-state index is -0.350. The van der Waals surface area contributed by atoms with Gasteiger partial charge in [-0.2, -0.15) is 0 Å². The molecule has 2 fully saturated rings. The van der Waals surface area contributed by atoms with E-state index in [0.717, 1.165) is 25.9 Å². The fourth-order valence-corrected chi connectivity index (χ4v) is 4.51. The number of rotatable bonds is 4. The van der Waals surface area contributed by atoms with E-state index in [-0.39, 0.29) is 12.2 Å². The number of piperidine rings is 1. The lowest BCUT2D eigenvalue weighted by Gasteiger charge is -2.27. The molecule has 1 amide bonds. The second kappa shape index (κ2) is 7.70. The Morgan fingerprint density at radius 3 is 2.67 bits per heavy atom. The van der Waals surface area contributed by atoms with Crippen LogP contribution in [-0.2, 0) is 11.3 Å². The fourth-order valence-electron chi connectivity index (χ4n) is 4.22. The number of benzene rings is 2. The largest absolute Gasteiger partial charge is 0.444 e. The van der Waals surface area contributed by atoms with Gasteiger partial charge in [0.05, 0.1) is 10.0 Å². The van der Waals surface area contributed by atoms with Crippen molar-refractivity contribution in [2.24, 2.45) is 5.92 Å². The molecule has 4 rings (SSSR count). The molecule has 3 unspecified atom stereocenters. The Morgan fingerprint density at radius 1 is 1.15 bits per heavy atom. The summed E-state index contributed by atoms with van der Waals surface area (Å²) in [7, 11) is 1.69. The van der Waals surface area contributed by atoms with Gasteiger partial charge in [-0.15, -0.1) is 0 Å². The summed E-state index contributed by atoms with van der Waals surface area (Å²) in [6.45, 7) is 1.88. The highest BCUT2D eigenvalue weighted by Gasteiger charge is 2.49. The number of halogens is 2. The van der Waals surface area contributed by atoms with Gasteiger partial charge in [-0.05, 0) is 36.6 Å². The Hall–Kier alpha value is -1.75. The van der Waals surface area contributed by atoms with E-state index in [0.29, 0.717) is 27.7 Å². The van der Waals surface area contributed by atoms with Crippen LogP contribution in [0.2, 0.25) is 10.0 Å². The van der Waals surface area contributed by atoms with E-state index in [1.165, 1.54) is 10.5 Å². The Labute approximate surface area is 169 Å². The summed E-state index contributed by atoms with van der Waals surface area (Å²) in [4.78, 5) is 16.6. The standard InChI is InChI=1S/C21H22Cl2N2O2/c1-24(16-8-9-17(22)18(23)11-16)21(26)27-20-15-7-10-19(20)25(13-15)12-14-5-3-2-4-6-14/h2-6,8-9,11,15,19-20H,7,10,12-13H2,1H3. The minimum absolute atomic E-state index is 0.0496. The van der Waals surface area contributed by atoms with E-state index < -0.39 is 0 Å². The van der Waals surface area contributed by atoms with Crippen molar-refractivity contribution in [2.45, 2.75) is 31.5 Å². The lowest BCUT2D eigenvalue weighted by molar-refractivity contribution is 0.0791. The predicted octanol–water partition coefficient (Wildman–Crippen LogP) is 5.23. The van der Waals surface area contributed by atoms with E-state index in [1.54, 1.807) is 25.2 Å².